The van der Waals surface area contributed by atoms with Crippen LogP contribution < -0.4 is 29.0 Å². The number of phenolic OH excluding ortho intramolecular Hbond substituents is 2. The van der Waals surface area contributed by atoms with Crippen molar-refractivity contribution in [2.75, 3.05) is 47.0 Å². The van der Waals surface area contributed by atoms with Gasteiger partial charge in [0, 0.05) is 52.6 Å². The Kier molecular flexibility index (Phi) is 8.48. The molecular formula is C40H42N4O11S. The second-order valence-electron chi connectivity index (χ2n) is 15.3. The number of carbonyl (C=O) groups excluding carboxylic acids is 2. The van der Waals surface area contributed by atoms with Crippen LogP contribution in [0.1, 0.15) is 68.8 Å². The first-order chi connectivity index (χ1) is 26.9. The van der Waals surface area contributed by atoms with E-state index in [2.05, 4.69) is 16.3 Å². The average molecular weight is 787 g/mol. The smallest absolute Gasteiger partial charge is 0.332 e. The quantitative estimate of drug-likeness (QED) is 0.259. The van der Waals surface area contributed by atoms with Gasteiger partial charge in [-0.2, -0.15) is 5.26 Å². The Balaban J connectivity index is 1.36. The monoisotopic (exact) mass is 786 g/mol. The fraction of sp³-hybridized carbons (Fsp3) is 0.475. The number of nitriles is 1. The molecule has 0 radical (unpaired) electrons. The predicted molar refractivity (Wildman–Crippen MR) is 199 cm³/mol. The van der Waals surface area contributed by atoms with Crippen LogP contribution >= 0.6 is 0 Å². The molecule has 3 N–H and O–H groups in total. The van der Waals surface area contributed by atoms with E-state index in [1.807, 2.05) is 24.9 Å². The SMILES string of the molecule is COc1cc2c(cc1O)CCN[C@]21CS(=O)[C@@H]2c3c(OC(C)=O)c(C)c4c(c3[C@H](COC1=O)N1C2C2c3c(cc(C)c(OC)c3O)C[C@@H](C1C#N)N2C)OCO4. The first-order valence-electron chi connectivity index (χ1n) is 18.5. The number of hydrogen-bond acceptors (Lipinski definition) is 15. The van der Waals surface area contributed by atoms with E-state index in [1.54, 1.807) is 19.1 Å². The van der Waals surface area contributed by atoms with Crippen molar-refractivity contribution in [1.82, 2.24) is 15.1 Å². The summed E-state index contributed by atoms with van der Waals surface area (Å²) in [4.78, 5) is 31.8. The van der Waals surface area contributed by atoms with Gasteiger partial charge in [-0.15, -0.1) is 0 Å². The number of nitrogens with zero attached hydrogens (tertiary/aromatic N) is 3. The Bertz CT molecular complexity index is 2310. The van der Waals surface area contributed by atoms with Crippen LogP contribution in [0.2, 0.25) is 0 Å². The molecule has 15 nitrogen and oxygen atoms in total. The van der Waals surface area contributed by atoms with E-state index in [-0.39, 0.29) is 48.2 Å². The van der Waals surface area contributed by atoms with Crippen molar-refractivity contribution in [3.05, 3.63) is 62.7 Å². The number of piperazine rings is 1. The van der Waals surface area contributed by atoms with E-state index in [0.29, 0.717) is 70.0 Å². The lowest BCUT2D eigenvalue weighted by molar-refractivity contribution is -0.157. The van der Waals surface area contributed by atoms with Gasteiger partial charge in [0.15, 0.2) is 40.0 Å². The summed E-state index contributed by atoms with van der Waals surface area (Å²) in [7, 11) is 2.75. The van der Waals surface area contributed by atoms with Gasteiger partial charge in [0.2, 0.25) is 6.79 Å². The van der Waals surface area contributed by atoms with Gasteiger partial charge in [0.05, 0.1) is 49.4 Å². The third kappa shape index (κ3) is 4.87. The van der Waals surface area contributed by atoms with Crippen molar-refractivity contribution >= 4 is 22.7 Å². The Morgan fingerprint density at radius 1 is 1.05 bits per heavy atom. The van der Waals surface area contributed by atoms with Crippen LogP contribution in [0, 0.1) is 25.2 Å². The fourth-order valence-corrected chi connectivity index (χ4v) is 12.5. The summed E-state index contributed by atoms with van der Waals surface area (Å²) in [6.45, 7) is 4.79. The highest BCUT2D eigenvalue weighted by Gasteiger charge is 2.63. The third-order valence-corrected chi connectivity index (χ3v) is 14.4. The molecule has 0 amide bonds. The van der Waals surface area contributed by atoms with Gasteiger partial charge in [0.1, 0.15) is 18.4 Å². The van der Waals surface area contributed by atoms with Crippen molar-refractivity contribution in [2.24, 2.45) is 0 Å². The summed E-state index contributed by atoms with van der Waals surface area (Å²) in [5.41, 5.74) is 2.99. The van der Waals surface area contributed by atoms with E-state index in [9.17, 15) is 25.1 Å². The summed E-state index contributed by atoms with van der Waals surface area (Å²) < 4.78 is 51.8. The van der Waals surface area contributed by atoms with Gasteiger partial charge in [-0.3, -0.25) is 24.1 Å². The van der Waals surface area contributed by atoms with Crippen LogP contribution in [0.4, 0.5) is 0 Å². The molecule has 0 aliphatic carbocycles. The number of benzene rings is 3. The summed E-state index contributed by atoms with van der Waals surface area (Å²) in [5, 5.41) is 36.2. The molecule has 2 saturated heterocycles. The van der Waals surface area contributed by atoms with Crippen LogP contribution in [0.25, 0.3) is 0 Å². The lowest BCUT2D eigenvalue weighted by atomic mass is 9.71. The predicted octanol–water partition coefficient (Wildman–Crippen LogP) is 3.00. The second kappa shape index (κ2) is 13.0. The molecule has 0 aromatic heterocycles. The molecule has 16 heteroatoms. The Morgan fingerprint density at radius 3 is 2.54 bits per heavy atom. The number of aryl methyl sites for hydroxylation is 1. The minimum absolute atomic E-state index is 0.0492. The number of aromatic hydroxyl groups is 2. The Hall–Kier alpha value is -5.08. The molecule has 4 unspecified atom stereocenters. The number of fused-ring (bicyclic) bond motifs is 9. The van der Waals surface area contributed by atoms with Gasteiger partial charge >= 0.3 is 11.9 Å². The van der Waals surface area contributed by atoms with Crippen molar-refractivity contribution in [1.29, 1.82) is 5.26 Å². The number of esters is 2. The number of ether oxygens (including phenoxy) is 6. The average Bonchev–Trinajstić information content (AvgIpc) is 3.65. The molecule has 0 saturated carbocycles. The maximum atomic E-state index is 16.0. The van der Waals surface area contributed by atoms with E-state index >= 15 is 4.21 Å². The first-order valence-corrected chi connectivity index (χ1v) is 19.9. The Labute approximate surface area is 325 Å². The molecule has 7 aliphatic heterocycles. The molecule has 3 aromatic rings. The van der Waals surface area contributed by atoms with Gasteiger partial charge < -0.3 is 38.6 Å². The molecule has 4 bridgehead atoms. The van der Waals surface area contributed by atoms with Crippen LogP contribution in [0.5, 0.6) is 40.2 Å². The van der Waals surface area contributed by atoms with E-state index in [1.165, 1.54) is 21.1 Å². The first kappa shape index (κ1) is 36.6. The minimum Gasteiger partial charge on any atom is -0.504 e. The molecule has 56 heavy (non-hydrogen) atoms. The highest BCUT2D eigenvalue weighted by Crippen LogP contribution is 2.63. The normalized spacial score (nSPS) is 29.9. The largest absolute Gasteiger partial charge is 0.504 e. The van der Waals surface area contributed by atoms with Crippen LogP contribution in [-0.4, -0.2) is 101 Å². The Morgan fingerprint density at radius 2 is 1.82 bits per heavy atom. The number of carbonyl (C=O) groups is 2. The van der Waals surface area contributed by atoms with E-state index in [0.717, 1.165) is 11.1 Å². The summed E-state index contributed by atoms with van der Waals surface area (Å²) in [6, 6.07) is 4.10. The van der Waals surface area contributed by atoms with E-state index < -0.39 is 57.7 Å². The lowest BCUT2D eigenvalue weighted by Crippen LogP contribution is -2.70. The molecule has 7 aliphatic rings. The topological polar surface area (TPSA) is 189 Å². The number of rotatable bonds is 3. The maximum absolute atomic E-state index is 16.0. The number of phenols is 2. The van der Waals surface area contributed by atoms with Gasteiger partial charge in [0.25, 0.3) is 0 Å². The number of nitrogens with one attached hydrogen (secondary N) is 1. The third-order valence-electron chi connectivity index (χ3n) is 12.6. The number of methoxy groups -OCH3 is 2. The molecular weight excluding hydrogens is 745 g/mol. The van der Waals surface area contributed by atoms with Crippen molar-refractivity contribution in [2.45, 2.75) is 74.6 Å². The zero-order chi connectivity index (χ0) is 39.5. The number of hydrogen-bond donors (Lipinski definition) is 3. The van der Waals surface area contributed by atoms with Crippen LogP contribution in [0.3, 0.4) is 0 Å². The van der Waals surface area contributed by atoms with Gasteiger partial charge in [-0.1, -0.05) is 6.07 Å². The van der Waals surface area contributed by atoms with Crippen molar-refractivity contribution in [3.63, 3.8) is 0 Å². The van der Waals surface area contributed by atoms with Crippen LogP contribution in [0.15, 0.2) is 18.2 Å². The maximum Gasteiger partial charge on any atom is 0.332 e. The standard InChI is InChI=1S/C40H42N4O11S/c1-17-9-21-10-23-24(13-41)44-25-14-52-39(48)40(22-12-27(50-5)26(46)11-20(22)7-8-42-40)15-56(49)38(32(44)31(43(23)4)28(21)33(47)34(17)51-6)30-29(25)37-36(53-16-54-37)18(2)35(30)55-19(3)45/h9,11-12,23-25,31-32,38,42,46-47H,7-8,10,14-16H2,1-6H3/t23-,24?,25-,31?,32?,38+,40+,56?/m0/s1. The summed E-state index contributed by atoms with van der Waals surface area (Å²) in [5.74, 6) is -0.469. The van der Waals surface area contributed by atoms with Crippen LogP contribution in [-0.2, 0) is 43.5 Å². The fourth-order valence-electron chi connectivity index (χ4n) is 10.4. The molecule has 8 atom stereocenters. The molecule has 3 aromatic carbocycles. The molecule has 2 fully saturated rings. The molecule has 294 valence electrons. The van der Waals surface area contributed by atoms with Gasteiger partial charge in [-0.05, 0) is 68.1 Å². The van der Waals surface area contributed by atoms with Gasteiger partial charge in [-0.25, -0.2) is 4.79 Å². The minimum atomic E-state index is -2.06. The zero-order valence-corrected chi connectivity index (χ0v) is 32.6. The number of likely N-dealkylation sites (N-methyl/N-ethyl adjacent to an activating group) is 1. The highest BCUT2D eigenvalue weighted by molar-refractivity contribution is 7.85. The summed E-state index contributed by atoms with van der Waals surface area (Å²) >= 11 is 0. The summed E-state index contributed by atoms with van der Waals surface area (Å²) in [6.07, 6.45) is 0.882. The molecule has 7 heterocycles. The van der Waals surface area contributed by atoms with Crippen molar-refractivity contribution < 1.29 is 52.4 Å². The molecule has 10 rings (SSSR count). The molecule has 1 spiro atoms. The zero-order valence-electron chi connectivity index (χ0n) is 31.8. The lowest BCUT2D eigenvalue weighted by Gasteiger charge is -2.61. The second-order valence-corrected chi connectivity index (χ2v) is 16.9. The van der Waals surface area contributed by atoms with E-state index in [4.69, 9.17) is 28.4 Å². The highest BCUT2D eigenvalue weighted by atomic mass is 32.2. The van der Waals surface area contributed by atoms with Crippen molar-refractivity contribution in [3.8, 4) is 46.3 Å².